The van der Waals surface area contributed by atoms with E-state index in [4.69, 9.17) is 0 Å². The number of ketones is 1. The summed E-state index contributed by atoms with van der Waals surface area (Å²) in [5.41, 5.74) is 1.89. The Hall–Kier alpha value is -1.19. The molecule has 0 bridgehead atoms. The number of benzene rings is 1. The quantitative estimate of drug-likeness (QED) is 0.592. The maximum Gasteiger partial charge on any atom is 0.187 e. The number of thiophene rings is 1. The van der Waals surface area contributed by atoms with Crippen LogP contribution in [0.25, 0.3) is 6.08 Å². The number of carbonyl (C=O) groups is 1. The van der Waals surface area contributed by atoms with Crippen LogP contribution < -0.4 is 0 Å². The summed E-state index contributed by atoms with van der Waals surface area (Å²) < 4.78 is 0.831. The molecular formula is C14H11BrOS. The molecule has 2 aromatic rings. The Bertz CT molecular complexity index is 569. The van der Waals surface area contributed by atoms with Crippen molar-refractivity contribution in [3.63, 3.8) is 0 Å². The second-order valence-corrected chi connectivity index (χ2v) is 5.45. The molecule has 1 nitrogen and oxygen atoms in total. The number of aryl methyl sites for hydroxylation is 1. The molecule has 0 saturated carbocycles. The Morgan fingerprint density at radius 1 is 1.29 bits per heavy atom. The first kappa shape index (κ1) is 12.3. The summed E-state index contributed by atoms with van der Waals surface area (Å²) in [6.45, 7) is 2.04. The van der Waals surface area contributed by atoms with E-state index in [0.717, 1.165) is 9.35 Å². The molecule has 0 unspecified atom stereocenters. The predicted molar refractivity (Wildman–Crippen MR) is 76.6 cm³/mol. The molecular weight excluding hydrogens is 296 g/mol. The zero-order valence-corrected chi connectivity index (χ0v) is 11.7. The Kier molecular flexibility index (Phi) is 3.92. The zero-order chi connectivity index (χ0) is 12.3. The maximum atomic E-state index is 12.0. The van der Waals surface area contributed by atoms with Crippen molar-refractivity contribution >= 4 is 39.1 Å². The van der Waals surface area contributed by atoms with Gasteiger partial charge in [0.2, 0.25) is 0 Å². The van der Waals surface area contributed by atoms with E-state index in [2.05, 4.69) is 15.9 Å². The van der Waals surface area contributed by atoms with Gasteiger partial charge in [0.25, 0.3) is 0 Å². The molecule has 86 valence electrons. The van der Waals surface area contributed by atoms with Gasteiger partial charge in [-0.1, -0.05) is 28.1 Å². The van der Waals surface area contributed by atoms with Crippen LogP contribution in [0.5, 0.6) is 0 Å². The Morgan fingerprint density at radius 3 is 2.71 bits per heavy atom. The van der Waals surface area contributed by atoms with Gasteiger partial charge in [0, 0.05) is 14.9 Å². The van der Waals surface area contributed by atoms with Crippen molar-refractivity contribution in [1.29, 1.82) is 0 Å². The van der Waals surface area contributed by atoms with Crippen LogP contribution in [0.15, 0.2) is 46.3 Å². The van der Waals surface area contributed by atoms with Gasteiger partial charge in [0.15, 0.2) is 5.78 Å². The van der Waals surface area contributed by atoms with Gasteiger partial charge in [0.1, 0.15) is 0 Å². The molecule has 3 heteroatoms. The third-order valence-electron chi connectivity index (χ3n) is 2.43. The standard InChI is InChI=1S/C14H11BrOS/c1-10-8-9-17-14(10)7-6-13(16)11-4-2-3-5-12(11)15/h2-9H,1H3/b7-6+. The van der Waals surface area contributed by atoms with Crippen LogP contribution in [-0.4, -0.2) is 5.78 Å². The van der Waals surface area contributed by atoms with E-state index in [9.17, 15) is 4.79 Å². The Morgan fingerprint density at radius 2 is 2.06 bits per heavy atom. The molecule has 0 aliphatic heterocycles. The van der Waals surface area contributed by atoms with Crippen molar-refractivity contribution < 1.29 is 4.79 Å². The largest absolute Gasteiger partial charge is 0.289 e. The molecule has 0 aliphatic carbocycles. The van der Waals surface area contributed by atoms with E-state index in [0.29, 0.717) is 5.56 Å². The van der Waals surface area contributed by atoms with Gasteiger partial charge in [0.05, 0.1) is 0 Å². The van der Waals surface area contributed by atoms with Crippen LogP contribution >= 0.6 is 27.3 Å². The van der Waals surface area contributed by atoms with Crippen LogP contribution in [0, 0.1) is 6.92 Å². The van der Waals surface area contributed by atoms with Crippen LogP contribution in [0.1, 0.15) is 20.8 Å². The Labute approximate surface area is 113 Å². The summed E-state index contributed by atoms with van der Waals surface area (Å²) in [4.78, 5) is 13.1. The van der Waals surface area contributed by atoms with Gasteiger partial charge >= 0.3 is 0 Å². The van der Waals surface area contributed by atoms with Crippen molar-refractivity contribution in [3.05, 3.63) is 62.3 Å². The molecule has 1 aromatic carbocycles. The number of carbonyl (C=O) groups excluding carboxylic acids is 1. The van der Waals surface area contributed by atoms with Crippen molar-refractivity contribution in [2.45, 2.75) is 6.92 Å². The van der Waals surface area contributed by atoms with Gasteiger partial charge in [-0.3, -0.25) is 4.79 Å². The number of hydrogen-bond acceptors (Lipinski definition) is 2. The minimum atomic E-state index is 0.0188. The van der Waals surface area contributed by atoms with E-state index in [1.807, 2.05) is 48.7 Å². The molecule has 17 heavy (non-hydrogen) atoms. The van der Waals surface area contributed by atoms with Crippen LogP contribution in [0.2, 0.25) is 0 Å². The lowest BCUT2D eigenvalue weighted by atomic mass is 10.1. The molecule has 0 aliphatic rings. The van der Waals surface area contributed by atoms with Crippen molar-refractivity contribution in [2.75, 3.05) is 0 Å². The summed E-state index contributed by atoms with van der Waals surface area (Å²) >= 11 is 5.02. The summed E-state index contributed by atoms with van der Waals surface area (Å²) in [5, 5.41) is 2.03. The molecule has 0 amide bonds. The van der Waals surface area contributed by atoms with Crippen LogP contribution in [-0.2, 0) is 0 Å². The number of rotatable bonds is 3. The van der Waals surface area contributed by atoms with E-state index in [-0.39, 0.29) is 5.78 Å². The highest BCUT2D eigenvalue weighted by Gasteiger charge is 2.05. The van der Waals surface area contributed by atoms with E-state index < -0.39 is 0 Å². The monoisotopic (exact) mass is 306 g/mol. The van der Waals surface area contributed by atoms with Gasteiger partial charge in [-0.25, -0.2) is 0 Å². The minimum Gasteiger partial charge on any atom is -0.289 e. The molecule has 0 saturated heterocycles. The predicted octanol–water partition coefficient (Wildman–Crippen LogP) is 4.72. The fourth-order valence-corrected chi connectivity index (χ4v) is 2.76. The third kappa shape index (κ3) is 2.93. The first-order chi connectivity index (χ1) is 8.18. The molecule has 0 fully saturated rings. The first-order valence-electron chi connectivity index (χ1n) is 5.19. The van der Waals surface area contributed by atoms with Crippen LogP contribution in [0.4, 0.5) is 0 Å². The third-order valence-corrected chi connectivity index (χ3v) is 4.10. The van der Waals surface area contributed by atoms with Gasteiger partial charge in [-0.2, -0.15) is 0 Å². The first-order valence-corrected chi connectivity index (χ1v) is 6.87. The second kappa shape index (κ2) is 5.43. The molecule has 1 heterocycles. The number of halogens is 1. The topological polar surface area (TPSA) is 17.1 Å². The van der Waals surface area contributed by atoms with Crippen molar-refractivity contribution in [2.24, 2.45) is 0 Å². The zero-order valence-electron chi connectivity index (χ0n) is 9.31. The lowest BCUT2D eigenvalue weighted by Gasteiger charge is -1.98. The summed E-state index contributed by atoms with van der Waals surface area (Å²) in [6.07, 6.45) is 3.50. The maximum absolute atomic E-state index is 12.0. The van der Waals surface area contributed by atoms with Gasteiger partial charge in [-0.15, -0.1) is 11.3 Å². The smallest absolute Gasteiger partial charge is 0.187 e. The normalized spacial score (nSPS) is 10.9. The van der Waals surface area contributed by atoms with Crippen LogP contribution in [0.3, 0.4) is 0 Å². The van der Waals surface area contributed by atoms with Gasteiger partial charge in [-0.05, 0) is 48.2 Å². The molecule has 0 radical (unpaired) electrons. The minimum absolute atomic E-state index is 0.0188. The number of allylic oxidation sites excluding steroid dienone is 1. The second-order valence-electron chi connectivity index (χ2n) is 3.65. The average Bonchev–Trinajstić information content (AvgIpc) is 2.72. The van der Waals surface area contributed by atoms with E-state index in [1.165, 1.54) is 5.56 Å². The highest BCUT2D eigenvalue weighted by Crippen LogP contribution is 2.20. The fraction of sp³-hybridized carbons (Fsp3) is 0.0714. The molecule has 0 N–H and O–H groups in total. The lowest BCUT2D eigenvalue weighted by molar-refractivity contribution is 0.104. The van der Waals surface area contributed by atoms with E-state index in [1.54, 1.807) is 17.4 Å². The molecule has 0 spiro atoms. The SMILES string of the molecule is Cc1ccsc1/C=C/C(=O)c1ccccc1Br. The summed E-state index contributed by atoms with van der Waals surface area (Å²) in [6, 6.07) is 9.50. The molecule has 0 atom stereocenters. The molecule has 2 rings (SSSR count). The highest BCUT2D eigenvalue weighted by atomic mass is 79.9. The van der Waals surface area contributed by atoms with Crippen molar-refractivity contribution in [3.8, 4) is 0 Å². The Balaban J connectivity index is 2.21. The fourth-order valence-electron chi connectivity index (χ4n) is 1.46. The highest BCUT2D eigenvalue weighted by molar-refractivity contribution is 9.10. The van der Waals surface area contributed by atoms with E-state index >= 15 is 0 Å². The van der Waals surface area contributed by atoms with Crippen molar-refractivity contribution in [1.82, 2.24) is 0 Å². The lowest BCUT2D eigenvalue weighted by Crippen LogP contribution is -1.94. The molecule has 1 aromatic heterocycles. The summed E-state index contributed by atoms with van der Waals surface area (Å²) in [5.74, 6) is 0.0188. The number of hydrogen-bond donors (Lipinski definition) is 0. The average molecular weight is 307 g/mol. The van der Waals surface area contributed by atoms with Gasteiger partial charge < -0.3 is 0 Å². The summed E-state index contributed by atoms with van der Waals surface area (Å²) in [7, 11) is 0.